The van der Waals surface area contributed by atoms with Gasteiger partial charge in [-0.2, -0.15) is 0 Å². The van der Waals surface area contributed by atoms with E-state index in [-0.39, 0.29) is 3.83 Å². The van der Waals surface area contributed by atoms with E-state index in [1.807, 2.05) is 6.92 Å². The molecule has 0 aromatic carbocycles. The number of hydrogen-bond donors (Lipinski definition) is 0. The standard InChI is InChI=1S/C3H5OTe/c1-2-3(4)5/h2H2,1H3. The molecule has 5 heavy (non-hydrogen) atoms. The van der Waals surface area contributed by atoms with Gasteiger partial charge in [-0.1, -0.05) is 0 Å². The van der Waals surface area contributed by atoms with Gasteiger partial charge in [-0.25, -0.2) is 0 Å². The molecule has 1 radical (unpaired) electrons. The van der Waals surface area contributed by atoms with E-state index in [1.165, 1.54) is 22.3 Å². The van der Waals surface area contributed by atoms with E-state index < -0.39 is 0 Å². The normalized spacial score (nSPS) is 7.40. The first-order valence-corrected chi connectivity index (χ1v) is 2.63. The van der Waals surface area contributed by atoms with Gasteiger partial charge in [-0.05, 0) is 0 Å². The van der Waals surface area contributed by atoms with Crippen LogP contribution in [0.3, 0.4) is 0 Å². The van der Waals surface area contributed by atoms with Crippen molar-refractivity contribution in [2.45, 2.75) is 13.3 Å². The van der Waals surface area contributed by atoms with Gasteiger partial charge < -0.3 is 0 Å². The average molecular weight is 185 g/mol. The van der Waals surface area contributed by atoms with Crippen LogP contribution in [0.15, 0.2) is 0 Å². The molecule has 0 aliphatic carbocycles. The first kappa shape index (κ1) is 5.46. The Morgan fingerprint density at radius 3 is 2.20 bits per heavy atom. The molecule has 0 unspecified atom stereocenters. The van der Waals surface area contributed by atoms with Gasteiger partial charge in [0.05, 0.1) is 0 Å². The molecule has 0 N–H and O–H groups in total. The second-order valence-corrected chi connectivity index (χ2v) is 2.03. The minimum atomic E-state index is 0.265. The zero-order valence-electron chi connectivity index (χ0n) is 3.02. The molecule has 0 aromatic heterocycles. The molecule has 0 aromatic rings. The summed E-state index contributed by atoms with van der Waals surface area (Å²) in [5.41, 5.74) is 0. The van der Waals surface area contributed by atoms with Crippen molar-refractivity contribution in [1.29, 1.82) is 0 Å². The summed E-state index contributed by atoms with van der Waals surface area (Å²) in [6.07, 6.45) is 0.671. The van der Waals surface area contributed by atoms with Crippen LogP contribution in [0, 0.1) is 0 Å². The predicted octanol–water partition coefficient (Wildman–Crippen LogP) is 0.0915. The van der Waals surface area contributed by atoms with Crippen LogP contribution in [0.25, 0.3) is 0 Å². The van der Waals surface area contributed by atoms with E-state index in [9.17, 15) is 4.79 Å². The third-order valence-corrected chi connectivity index (χ3v) is 1.11. The van der Waals surface area contributed by atoms with Crippen LogP contribution in [-0.2, 0) is 4.79 Å². The average Bonchev–Trinajstić information content (AvgIpc) is 1.38. The van der Waals surface area contributed by atoms with Crippen molar-refractivity contribution in [1.82, 2.24) is 0 Å². The Balaban J connectivity index is 2.85. The molecule has 0 heterocycles. The molecule has 29 valence electrons. The van der Waals surface area contributed by atoms with Crippen molar-refractivity contribution < 1.29 is 4.79 Å². The summed E-state index contributed by atoms with van der Waals surface area (Å²) in [4.78, 5) is 9.82. The van der Waals surface area contributed by atoms with Crippen molar-refractivity contribution in [2.75, 3.05) is 0 Å². The Kier molecular flexibility index (Phi) is 2.93. The molecule has 0 atom stereocenters. The zero-order chi connectivity index (χ0) is 4.28. The predicted molar refractivity (Wildman–Crippen MR) is 21.1 cm³/mol. The summed E-state index contributed by atoms with van der Waals surface area (Å²) in [7, 11) is 0. The van der Waals surface area contributed by atoms with Gasteiger partial charge in [0.15, 0.2) is 0 Å². The monoisotopic (exact) mass is 187 g/mol. The maximum atomic E-state index is 9.82. The van der Waals surface area contributed by atoms with E-state index >= 15 is 0 Å². The first-order valence-electron chi connectivity index (χ1n) is 1.47. The molecule has 0 saturated heterocycles. The number of rotatable bonds is 1. The summed E-state index contributed by atoms with van der Waals surface area (Å²) in [6.45, 7) is 1.85. The van der Waals surface area contributed by atoms with Crippen LogP contribution in [0.4, 0.5) is 0 Å². The van der Waals surface area contributed by atoms with E-state index in [2.05, 4.69) is 0 Å². The topological polar surface area (TPSA) is 17.1 Å². The summed E-state index contributed by atoms with van der Waals surface area (Å²) in [5.74, 6) is 0. The SMILES string of the molecule is CCC(=O)[Te]. The fourth-order valence-corrected chi connectivity index (χ4v) is 0. The van der Waals surface area contributed by atoms with Crippen LogP contribution < -0.4 is 0 Å². The molecule has 2 heteroatoms. The summed E-state index contributed by atoms with van der Waals surface area (Å²) in [5, 5.41) is 0. The maximum absolute atomic E-state index is 9.82. The zero-order valence-corrected chi connectivity index (χ0v) is 5.35. The molecule has 0 aliphatic heterocycles. The van der Waals surface area contributed by atoms with Gasteiger partial charge in [-0.15, -0.1) is 0 Å². The molecule has 0 amide bonds. The molecule has 0 aliphatic rings. The van der Waals surface area contributed by atoms with Crippen molar-refractivity contribution in [2.24, 2.45) is 0 Å². The molecular weight excluding hydrogens is 180 g/mol. The van der Waals surface area contributed by atoms with Crippen molar-refractivity contribution in [3.8, 4) is 0 Å². The Morgan fingerprint density at radius 2 is 2.20 bits per heavy atom. The van der Waals surface area contributed by atoms with Crippen LogP contribution in [-0.4, -0.2) is 26.1 Å². The van der Waals surface area contributed by atoms with Crippen molar-refractivity contribution in [3.05, 3.63) is 0 Å². The fourth-order valence-electron chi connectivity index (χ4n) is 0. The Bertz CT molecular complexity index is 42.2. The molecule has 0 saturated carbocycles. The van der Waals surface area contributed by atoms with E-state index in [1.54, 1.807) is 0 Å². The quantitative estimate of drug-likeness (QED) is 0.528. The number of carbonyl (C=O) groups excluding carboxylic acids is 1. The van der Waals surface area contributed by atoms with Gasteiger partial charge in [0.25, 0.3) is 0 Å². The molecule has 1 nitrogen and oxygen atoms in total. The van der Waals surface area contributed by atoms with Crippen molar-refractivity contribution in [3.63, 3.8) is 0 Å². The van der Waals surface area contributed by atoms with E-state index in [4.69, 9.17) is 0 Å². The summed E-state index contributed by atoms with van der Waals surface area (Å²) in [6, 6.07) is 0. The first-order chi connectivity index (χ1) is 2.27. The van der Waals surface area contributed by atoms with Crippen LogP contribution >= 0.6 is 0 Å². The van der Waals surface area contributed by atoms with Crippen LogP contribution in [0.2, 0.25) is 0 Å². The van der Waals surface area contributed by atoms with Crippen LogP contribution in [0.5, 0.6) is 0 Å². The Hall–Kier alpha value is 0.460. The van der Waals surface area contributed by atoms with Gasteiger partial charge in [0.1, 0.15) is 0 Å². The molecule has 0 fully saturated rings. The van der Waals surface area contributed by atoms with E-state index in [0.29, 0.717) is 6.42 Å². The Labute approximate surface area is 44.7 Å². The summed E-state index contributed by atoms with van der Waals surface area (Å²) < 4.78 is 0.265. The second-order valence-electron chi connectivity index (χ2n) is 0.726. The van der Waals surface area contributed by atoms with Crippen LogP contribution in [0.1, 0.15) is 13.3 Å². The third kappa shape index (κ3) is 4.46. The van der Waals surface area contributed by atoms with Gasteiger partial charge in [-0.3, -0.25) is 0 Å². The molecule has 0 bridgehead atoms. The minimum absolute atomic E-state index is 0.265. The number of hydrogen-bond acceptors (Lipinski definition) is 1. The summed E-state index contributed by atoms with van der Waals surface area (Å²) >= 11 is 1.52. The van der Waals surface area contributed by atoms with Gasteiger partial charge in [0.2, 0.25) is 0 Å². The van der Waals surface area contributed by atoms with Gasteiger partial charge >= 0.3 is 44.3 Å². The molecular formula is C3H5OTe. The number of carbonyl (C=O) groups is 1. The molecule has 0 rings (SSSR count). The fraction of sp³-hybridized carbons (Fsp3) is 0.667. The Morgan fingerprint density at radius 1 is 2.00 bits per heavy atom. The molecule has 0 spiro atoms. The van der Waals surface area contributed by atoms with E-state index in [0.717, 1.165) is 0 Å². The van der Waals surface area contributed by atoms with Crippen molar-refractivity contribution >= 4 is 26.1 Å². The second kappa shape index (κ2) is 2.68. The third-order valence-electron chi connectivity index (χ3n) is 0.289. The van der Waals surface area contributed by atoms with Gasteiger partial charge in [0, 0.05) is 0 Å².